The molecule has 0 aliphatic heterocycles. The van der Waals surface area contributed by atoms with Crippen LogP contribution in [0.4, 0.5) is 0 Å². The summed E-state index contributed by atoms with van der Waals surface area (Å²) in [6.45, 7) is 5.12. The molecule has 2 aromatic carbocycles. The summed E-state index contributed by atoms with van der Waals surface area (Å²) in [6, 6.07) is 18.4. The number of fused-ring (bicyclic) bond motifs is 1. The van der Waals surface area contributed by atoms with E-state index >= 15 is 0 Å². The molecule has 28 heavy (non-hydrogen) atoms. The lowest BCUT2D eigenvalue weighted by molar-refractivity contribution is 0.0913. The van der Waals surface area contributed by atoms with Crippen molar-refractivity contribution >= 4 is 16.8 Å². The lowest BCUT2D eigenvalue weighted by atomic mass is 9.89. The van der Waals surface area contributed by atoms with Gasteiger partial charge < -0.3 is 9.88 Å². The van der Waals surface area contributed by atoms with E-state index in [0.717, 1.165) is 34.5 Å². The fourth-order valence-corrected chi connectivity index (χ4v) is 4.50. The normalized spacial score (nSPS) is 15.6. The average Bonchev–Trinajstić information content (AvgIpc) is 3.08. The highest BCUT2D eigenvalue weighted by atomic mass is 16.1. The van der Waals surface area contributed by atoms with E-state index in [1.54, 1.807) is 0 Å². The molecule has 0 radical (unpaired) electrons. The van der Waals surface area contributed by atoms with Crippen molar-refractivity contribution in [3.8, 4) is 0 Å². The highest BCUT2D eigenvalue weighted by molar-refractivity contribution is 6.07. The molecule has 1 amide bonds. The van der Waals surface area contributed by atoms with Gasteiger partial charge in [0.2, 0.25) is 0 Å². The van der Waals surface area contributed by atoms with Crippen molar-refractivity contribution in [2.75, 3.05) is 0 Å². The predicted molar refractivity (Wildman–Crippen MR) is 115 cm³/mol. The summed E-state index contributed by atoms with van der Waals surface area (Å²) in [5, 5.41) is 4.29. The minimum absolute atomic E-state index is 0.00699. The number of carbonyl (C=O) groups is 1. The summed E-state index contributed by atoms with van der Waals surface area (Å²) in [4.78, 5) is 13.2. The van der Waals surface area contributed by atoms with Crippen LogP contribution < -0.4 is 5.32 Å². The monoisotopic (exact) mass is 374 g/mol. The molecule has 0 spiro atoms. The summed E-state index contributed by atoms with van der Waals surface area (Å²) in [6.07, 6.45) is 8.70. The van der Waals surface area contributed by atoms with Gasteiger partial charge in [0, 0.05) is 23.6 Å². The maximum absolute atomic E-state index is 13.2. The van der Waals surface area contributed by atoms with E-state index in [4.69, 9.17) is 0 Å². The zero-order chi connectivity index (χ0) is 19.6. The smallest absolute Gasteiger partial charge is 0.254 e. The SMILES string of the molecule is CC(C)(NC(=O)c1cn(CC2CCCCC2)c2ccccc12)c1ccccc1. The molecular weight excluding hydrogens is 344 g/mol. The number of hydrogen-bond donors (Lipinski definition) is 1. The molecule has 3 heteroatoms. The van der Waals surface area contributed by atoms with E-state index in [9.17, 15) is 4.79 Å². The van der Waals surface area contributed by atoms with Crippen molar-refractivity contribution in [1.29, 1.82) is 0 Å². The molecule has 1 saturated carbocycles. The number of rotatable bonds is 5. The Balaban J connectivity index is 1.62. The van der Waals surface area contributed by atoms with E-state index in [-0.39, 0.29) is 5.91 Å². The second kappa shape index (κ2) is 7.83. The minimum atomic E-state index is -0.426. The predicted octanol–water partition coefficient (Wildman–Crippen LogP) is 5.89. The highest BCUT2D eigenvalue weighted by Gasteiger charge is 2.25. The van der Waals surface area contributed by atoms with Gasteiger partial charge in [-0.2, -0.15) is 0 Å². The first-order chi connectivity index (χ1) is 13.5. The van der Waals surface area contributed by atoms with Crippen LogP contribution in [0.15, 0.2) is 60.8 Å². The molecule has 146 valence electrons. The van der Waals surface area contributed by atoms with Gasteiger partial charge in [0.1, 0.15) is 0 Å². The zero-order valence-corrected chi connectivity index (χ0v) is 16.9. The van der Waals surface area contributed by atoms with Crippen LogP contribution in [-0.2, 0) is 12.1 Å². The molecule has 1 fully saturated rings. The van der Waals surface area contributed by atoms with Gasteiger partial charge in [-0.3, -0.25) is 4.79 Å². The van der Waals surface area contributed by atoms with Gasteiger partial charge in [0.15, 0.2) is 0 Å². The first kappa shape index (κ1) is 18.8. The number of benzene rings is 2. The van der Waals surface area contributed by atoms with Crippen molar-refractivity contribution in [1.82, 2.24) is 9.88 Å². The molecule has 4 rings (SSSR count). The lowest BCUT2D eigenvalue weighted by Crippen LogP contribution is -2.40. The number of amides is 1. The van der Waals surface area contributed by atoms with Gasteiger partial charge in [-0.05, 0) is 44.2 Å². The van der Waals surface area contributed by atoms with Gasteiger partial charge in [-0.25, -0.2) is 0 Å². The van der Waals surface area contributed by atoms with Crippen LogP contribution in [0.2, 0.25) is 0 Å². The van der Waals surface area contributed by atoms with Crippen LogP contribution in [0.3, 0.4) is 0 Å². The van der Waals surface area contributed by atoms with Crippen LogP contribution in [0, 0.1) is 5.92 Å². The highest BCUT2D eigenvalue weighted by Crippen LogP contribution is 2.29. The summed E-state index contributed by atoms with van der Waals surface area (Å²) in [5.74, 6) is 0.716. The largest absolute Gasteiger partial charge is 0.346 e. The molecular formula is C25H30N2O. The van der Waals surface area contributed by atoms with Crippen LogP contribution in [0.25, 0.3) is 10.9 Å². The van der Waals surface area contributed by atoms with Gasteiger partial charge in [-0.15, -0.1) is 0 Å². The third kappa shape index (κ3) is 3.84. The molecule has 3 aromatic rings. The van der Waals surface area contributed by atoms with E-state index in [2.05, 4.69) is 60.3 Å². The lowest BCUT2D eigenvalue weighted by Gasteiger charge is -2.27. The fraction of sp³-hybridized carbons (Fsp3) is 0.400. The van der Waals surface area contributed by atoms with E-state index < -0.39 is 5.54 Å². The molecule has 0 atom stereocenters. The number of para-hydroxylation sites is 1. The van der Waals surface area contributed by atoms with E-state index in [0.29, 0.717) is 0 Å². The number of nitrogens with one attached hydrogen (secondary N) is 1. The summed E-state index contributed by atoms with van der Waals surface area (Å²) in [5.41, 5.74) is 2.62. The van der Waals surface area contributed by atoms with Gasteiger partial charge in [0.05, 0.1) is 11.1 Å². The van der Waals surface area contributed by atoms with Crippen LogP contribution in [0.5, 0.6) is 0 Å². The summed E-state index contributed by atoms with van der Waals surface area (Å²) in [7, 11) is 0. The molecule has 1 aliphatic rings. The number of aromatic nitrogens is 1. The maximum atomic E-state index is 13.2. The third-order valence-corrected chi connectivity index (χ3v) is 6.13. The minimum Gasteiger partial charge on any atom is -0.346 e. The summed E-state index contributed by atoms with van der Waals surface area (Å²) < 4.78 is 2.30. The Morgan fingerprint density at radius 3 is 2.43 bits per heavy atom. The van der Waals surface area contributed by atoms with E-state index in [1.165, 1.54) is 32.1 Å². The molecule has 1 aliphatic carbocycles. The molecule has 1 heterocycles. The summed E-state index contributed by atoms with van der Waals surface area (Å²) >= 11 is 0. The Labute approximate surface area is 167 Å². The topological polar surface area (TPSA) is 34.0 Å². The number of nitrogens with zero attached hydrogens (tertiary/aromatic N) is 1. The van der Waals surface area contributed by atoms with Crippen LogP contribution >= 0.6 is 0 Å². The Hall–Kier alpha value is -2.55. The van der Waals surface area contributed by atoms with Gasteiger partial charge in [0.25, 0.3) is 5.91 Å². The maximum Gasteiger partial charge on any atom is 0.254 e. The van der Waals surface area contributed by atoms with Crippen molar-refractivity contribution in [2.45, 2.75) is 58.0 Å². The molecule has 0 saturated heterocycles. The van der Waals surface area contributed by atoms with Gasteiger partial charge >= 0.3 is 0 Å². The Kier molecular flexibility index (Phi) is 5.25. The van der Waals surface area contributed by atoms with Crippen molar-refractivity contribution < 1.29 is 4.79 Å². The first-order valence-corrected chi connectivity index (χ1v) is 10.5. The Morgan fingerprint density at radius 1 is 1.00 bits per heavy atom. The third-order valence-electron chi connectivity index (χ3n) is 6.13. The Bertz CT molecular complexity index is 949. The van der Waals surface area contributed by atoms with E-state index in [1.807, 2.05) is 24.3 Å². The standard InChI is InChI=1S/C25H30N2O/c1-25(2,20-13-7-4-8-14-20)26-24(28)22-18-27(17-19-11-5-3-6-12-19)23-16-10-9-15-21(22)23/h4,7-10,13-16,18-19H,3,5-6,11-12,17H2,1-2H3,(H,26,28). The zero-order valence-electron chi connectivity index (χ0n) is 16.9. The molecule has 3 nitrogen and oxygen atoms in total. The fourth-order valence-electron chi connectivity index (χ4n) is 4.50. The van der Waals surface area contributed by atoms with Gasteiger partial charge in [-0.1, -0.05) is 67.8 Å². The average molecular weight is 375 g/mol. The van der Waals surface area contributed by atoms with Crippen LogP contribution in [0.1, 0.15) is 61.9 Å². The quantitative estimate of drug-likeness (QED) is 0.594. The van der Waals surface area contributed by atoms with Crippen molar-refractivity contribution in [3.63, 3.8) is 0 Å². The van der Waals surface area contributed by atoms with Crippen LogP contribution in [-0.4, -0.2) is 10.5 Å². The van der Waals surface area contributed by atoms with Crippen molar-refractivity contribution in [2.24, 2.45) is 5.92 Å². The molecule has 1 aromatic heterocycles. The second-order valence-electron chi connectivity index (χ2n) is 8.66. The first-order valence-electron chi connectivity index (χ1n) is 10.5. The second-order valence-corrected chi connectivity index (χ2v) is 8.66. The number of hydrogen-bond acceptors (Lipinski definition) is 1. The Morgan fingerprint density at radius 2 is 1.68 bits per heavy atom. The molecule has 0 unspecified atom stereocenters. The van der Waals surface area contributed by atoms with Crippen molar-refractivity contribution in [3.05, 3.63) is 71.9 Å². The number of carbonyl (C=O) groups excluding carboxylic acids is 1. The molecule has 0 bridgehead atoms. The molecule has 1 N–H and O–H groups in total.